The number of amides is 1. The first-order valence-electron chi connectivity index (χ1n) is 4.66. The molecule has 0 aromatic heterocycles. The van der Waals surface area contributed by atoms with Crippen LogP contribution < -0.4 is 5.43 Å². The number of benzene rings is 1. The van der Waals surface area contributed by atoms with Crippen molar-refractivity contribution in [2.75, 3.05) is 7.11 Å². The van der Waals surface area contributed by atoms with E-state index in [9.17, 15) is 14.9 Å². The van der Waals surface area contributed by atoms with Crippen LogP contribution >= 0.6 is 0 Å². The summed E-state index contributed by atoms with van der Waals surface area (Å²) in [5.74, 6) is 0. The van der Waals surface area contributed by atoms with E-state index in [1.54, 1.807) is 19.1 Å². The fraction of sp³-hybridized carbons (Fsp3) is 0.200. The van der Waals surface area contributed by atoms with E-state index in [0.717, 1.165) is 0 Å². The maximum Gasteiger partial charge on any atom is 0.427 e. The molecule has 0 aliphatic heterocycles. The molecule has 1 rings (SSSR count). The highest BCUT2D eigenvalue weighted by molar-refractivity contribution is 5.82. The van der Waals surface area contributed by atoms with Gasteiger partial charge in [0.05, 0.1) is 18.2 Å². The zero-order chi connectivity index (χ0) is 12.8. The largest absolute Gasteiger partial charge is 0.452 e. The lowest BCUT2D eigenvalue weighted by Gasteiger charge is -1.98. The third-order valence-corrected chi connectivity index (χ3v) is 1.98. The summed E-state index contributed by atoms with van der Waals surface area (Å²) in [7, 11) is 1.21. The first-order chi connectivity index (χ1) is 8.04. The van der Waals surface area contributed by atoms with Crippen LogP contribution in [0, 0.1) is 17.0 Å². The summed E-state index contributed by atoms with van der Waals surface area (Å²) in [5.41, 5.74) is 3.16. The van der Waals surface area contributed by atoms with Gasteiger partial charge in [-0.05, 0) is 6.92 Å². The molecule has 0 heterocycles. The van der Waals surface area contributed by atoms with Crippen LogP contribution in [0.15, 0.2) is 23.3 Å². The zero-order valence-electron chi connectivity index (χ0n) is 9.34. The lowest BCUT2D eigenvalue weighted by atomic mass is 10.1. The summed E-state index contributed by atoms with van der Waals surface area (Å²) >= 11 is 0. The average molecular weight is 237 g/mol. The number of rotatable bonds is 3. The van der Waals surface area contributed by atoms with Crippen molar-refractivity contribution in [1.82, 2.24) is 5.43 Å². The molecule has 17 heavy (non-hydrogen) atoms. The topological polar surface area (TPSA) is 93.8 Å². The number of nitrogens with one attached hydrogen (secondary N) is 1. The van der Waals surface area contributed by atoms with Crippen LogP contribution in [-0.4, -0.2) is 24.3 Å². The van der Waals surface area contributed by atoms with E-state index < -0.39 is 11.0 Å². The number of hydrogen-bond donors (Lipinski definition) is 1. The van der Waals surface area contributed by atoms with Crippen LogP contribution in [0.2, 0.25) is 0 Å². The number of hydrazone groups is 1. The summed E-state index contributed by atoms with van der Waals surface area (Å²) in [6, 6.07) is 4.64. The summed E-state index contributed by atoms with van der Waals surface area (Å²) in [6.45, 7) is 1.64. The number of aryl methyl sites for hydroxylation is 1. The lowest BCUT2D eigenvalue weighted by Crippen LogP contribution is -2.16. The predicted molar refractivity (Wildman–Crippen MR) is 61.0 cm³/mol. The van der Waals surface area contributed by atoms with Gasteiger partial charge in [0.15, 0.2) is 0 Å². The minimum atomic E-state index is -0.706. The molecule has 1 aromatic rings. The van der Waals surface area contributed by atoms with E-state index >= 15 is 0 Å². The van der Waals surface area contributed by atoms with Gasteiger partial charge in [-0.3, -0.25) is 10.1 Å². The third kappa shape index (κ3) is 3.56. The van der Waals surface area contributed by atoms with E-state index in [1.165, 1.54) is 19.4 Å². The number of nitro benzene ring substituents is 1. The molecule has 1 aromatic carbocycles. The lowest BCUT2D eigenvalue weighted by molar-refractivity contribution is -0.385. The van der Waals surface area contributed by atoms with Gasteiger partial charge in [0, 0.05) is 17.2 Å². The number of carbonyl (C=O) groups excluding carboxylic acids is 1. The van der Waals surface area contributed by atoms with E-state index in [-0.39, 0.29) is 5.69 Å². The number of hydrogen-bond acceptors (Lipinski definition) is 5. The Morgan fingerprint density at radius 1 is 1.59 bits per heavy atom. The van der Waals surface area contributed by atoms with E-state index in [1.807, 2.05) is 0 Å². The van der Waals surface area contributed by atoms with Crippen molar-refractivity contribution < 1.29 is 14.5 Å². The van der Waals surface area contributed by atoms with E-state index in [0.29, 0.717) is 11.1 Å². The van der Waals surface area contributed by atoms with Gasteiger partial charge in [0.1, 0.15) is 0 Å². The van der Waals surface area contributed by atoms with Crippen molar-refractivity contribution in [3.8, 4) is 0 Å². The quantitative estimate of drug-likeness (QED) is 0.490. The maximum absolute atomic E-state index is 10.7. The zero-order valence-corrected chi connectivity index (χ0v) is 9.34. The van der Waals surface area contributed by atoms with Crippen LogP contribution in [0.25, 0.3) is 0 Å². The van der Waals surface area contributed by atoms with Gasteiger partial charge in [0.2, 0.25) is 0 Å². The van der Waals surface area contributed by atoms with Crippen LogP contribution in [-0.2, 0) is 4.74 Å². The van der Waals surface area contributed by atoms with Gasteiger partial charge in [0.25, 0.3) is 5.69 Å². The molecular formula is C10H11N3O4. The minimum Gasteiger partial charge on any atom is -0.452 e. The normalized spacial score (nSPS) is 10.2. The molecule has 0 aliphatic rings. The number of methoxy groups -OCH3 is 1. The molecule has 0 atom stereocenters. The van der Waals surface area contributed by atoms with Crippen molar-refractivity contribution >= 4 is 18.0 Å². The van der Waals surface area contributed by atoms with Crippen molar-refractivity contribution in [2.24, 2.45) is 5.10 Å². The molecule has 0 bridgehead atoms. The van der Waals surface area contributed by atoms with Crippen molar-refractivity contribution in [3.05, 3.63) is 39.4 Å². The Morgan fingerprint density at radius 3 is 2.88 bits per heavy atom. The molecule has 7 nitrogen and oxygen atoms in total. The van der Waals surface area contributed by atoms with Crippen molar-refractivity contribution in [3.63, 3.8) is 0 Å². The summed E-state index contributed by atoms with van der Waals surface area (Å²) in [4.78, 5) is 20.9. The van der Waals surface area contributed by atoms with Crippen molar-refractivity contribution in [2.45, 2.75) is 6.92 Å². The second-order valence-electron chi connectivity index (χ2n) is 3.16. The maximum atomic E-state index is 10.7. The fourth-order valence-corrected chi connectivity index (χ4v) is 1.11. The van der Waals surface area contributed by atoms with Gasteiger partial charge in [-0.1, -0.05) is 12.1 Å². The molecule has 0 aliphatic carbocycles. The van der Waals surface area contributed by atoms with Gasteiger partial charge < -0.3 is 4.74 Å². The monoisotopic (exact) mass is 237 g/mol. The first kappa shape index (κ1) is 12.6. The molecule has 0 saturated carbocycles. The van der Waals surface area contributed by atoms with Gasteiger partial charge in [-0.25, -0.2) is 10.2 Å². The van der Waals surface area contributed by atoms with E-state index in [2.05, 4.69) is 15.3 Å². The second-order valence-corrected chi connectivity index (χ2v) is 3.16. The highest BCUT2D eigenvalue weighted by atomic mass is 16.6. The molecule has 1 N–H and O–H groups in total. The molecular weight excluding hydrogens is 226 g/mol. The first-order valence-corrected chi connectivity index (χ1v) is 4.66. The Kier molecular flexibility index (Phi) is 4.15. The molecule has 90 valence electrons. The standard InChI is InChI=1S/C10H11N3O4/c1-7-3-4-8(5-9(7)13(15)16)6-11-12-10(14)17-2/h3-6H,1-2H3,(H,12,14)/b11-6-. The third-order valence-electron chi connectivity index (χ3n) is 1.98. The number of ether oxygens (including phenoxy) is 1. The summed E-state index contributed by atoms with van der Waals surface area (Å²) < 4.78 is 4.30. The van der Waals surface area contributed by atoms with Gasteiger partial charge in [-0.15, -0.1) is 0 Å². The van der Waals surface area contributed by atoms with Crippen LogP contribution in [0.1, 0.15) is 11.1 Å². The SMILES string of the molecule is COC(=O)N/N=C\c1ccc(C)c([N+](=O)[O-])c1. The molecule has 0 spiro atoms. The van der Waals surface area contributed by atoms with E-state index in [4.69, 9.17) is 0 Å². The molecule has 0 saturated heterocycles. The van der Waals surface area contributed by atoms with Crippen LogP contribution in [0.4, 0.5) is 10.5 Å². The highest BCUT2D eigenvalue weighted by Gasteiger charge is 2.09. The Labute approximate surface area is 97.2 Å². The molecule has 0 fully saturated rings. The number of carbonyl (C=O) groups is 1. The molecule has 1 amide bonds. The van der Waals surface area contributed by atoms with Gasteiger partial charge in [-0.2, -0.15) is 5.10 Å². The molecule has 0 unspecified atom stereocenters. The van der Waals surface area contributed by atoms with Crippen molar-refractivity contribution in [1.29, 1.82) is 0 Å². The Morgan fingerprint density at radius 2 is 2.29 bits per heavy atom. The highest BCUT2D eigenvalue weighted by Crippen LogP contribution is 2.18. The second kappa shape index (κ2) is 5.59. The van der Waals surface area contributed by atoms with Crippen LogP contribution in [0.3, 0.4) is 0 Å². The Balaban J connectivity index is 2.82. The average Bonchev–Trinajstić information content (AvgIpc) is 2.30. The smallest absolute Gasteiger partial charge is 0.427 e. The summed E-state index contributed by atoms with van der Waals surface area (Å²) in [5, 5.41) is 14.2. The Hall–Kier alpha value is -2.44. The Bertz CT molecular complexity index is 471. The molecule has 0 radical (unpaired) electrons. The number of nitro groups is 1. The van der Waals surface area contributed by atoms with Gasteiger partial charge >= 0.3 is 6.09 Å². The summed E-state index contributed by atoms with van der Waals surface area (Å²) in [6.07, 6.45) is 0.589. The fourth-order valence-electron chi connectivity index (χ4n) is 1.11. The molecule has 7 heteroatoms. The predicted octanol–water partition coefficient (Wildman–Crippen LogP) is 1.59. The minimum absolute atomic E-state index is 0.00650. The van der Waals surface area contributed by atoms with Crippen LogP contribution in [0.5, 0.6) is 0 Å². The number of nitrogens with zero attached hydrogens (tertiary/aromatic N) is 2.